The molecule has 32 heavy (non-hydrogen) atoms. The van der Waals surface area contributed by atoms with Crippen molar-refractivity contribution in [1.29, 1.82) is 0 Å². The van der Waals surface area contributed by atoms with Gasteiger partial charge in [0, 0.05) is 30.8 Å². The molecule has 1 aliphatic heterocycles. The number of amides is 1. The van der Waals surface area contributed by atoms with Gasteiger partial charge in [-0.1, -0.05) is 24.2 Å². The van der Waals surface area contributed by atoms with Crippen LogP contribution in [-0.2, 0) is 14.8 Å². The number of hydrogen-bond acceptors (Lipinski definition) is 6. The molecule has 1 aromatic heterocycles. The smallest absolute Gasteiger partial charge is 0.243 e. The number of carbonyl (C=O) groups excluding carboxylic acids is 1. The monoisotopic (exact) mass is 458 g/mol. The Morgan fingerprint density at radius 2 is 2.03 bits per heavy atom. The van der Waals surface area contributed by atoms with Crippen molar-refractivity contribution in [2.24, 2.45) is 0 Å². The summed E-state index contributed by atoms with van der Waals surface area (Å²) in [5.41, 5.74) is 1.04. The number of nitrogens with one attached hydrogen (secondary N) is 1. The number of hydrogen-bond donors (Lipinski definition) is 1. The van der Waals surface area contributed by atoms with Gasteiger partial charge in [-0.15, -0.1) is 0 Å². The van der Waals surface area contributed by atoms with Crippen molar-refractivity contribution in [2.75, 3.05) is 18.4 Å². The third-order valence-electron chi connectivity index (χ3n) is 5.35. The molecule has 0 radical (unpaired) electrons. The van der Waals surface area contributed by atoms with E-state index < -0.39 is 15.8 Å². The average Bonchev–Trinajstić information content (AvgIpc) is 3.30. The second-order valence-corrected chi connectivity index (χ2v) is 9.53. The highest BCUT2D eigenvalue weighted by Crippen LogP contribution is 2.31. The molecule has 10 heteroatoms. The molecular formula is C22H23FN4O4S. The number of anilines is 1. The molecule has 0 saturated carbocycles. The van der Waals surface area contributed by atoms with Crippen molar-refractivity contribution in [3.8, 4) is 11.4 Å². The first kappa shape index (κ1) is 22.1. The second kappa shape index (κ2) is 9.17. The lowest BCUT2D eigenvalue weighted by molar-refractivity contribution is -0.115. The van der Waals surface area contributed by atoms with E-state index in [1.165, 1.54) is 28.6 Å². The zero-order valence-electron chi connectivity index (χ0n) is 17.5. The lowest BCUT2D eigenvalue weighted by Gasteiger charge is -2.30. The first-order chi connectivity index (χ1) is 15.4. The highest BCUT2D eigenvalue weighted by atomic mass is 32.2. The Kier molecular flexibility index (Phi) is 6.33. The predicted molar refractivity (Wildman–Crippen MR) is 116 cm³/mol. The van der Waals surface area contributed by atoms with E-state index in [-0.39, 0.29) is 29.1 Å². The topological polar surface area (TPSA) is 105 Å². The summed E-state index contributed by atoms with van der Waals surface area (Å²) in [6, 6.07) is 12.0. The summed E-state index contributed by atoms with van der Waals surface area (Å²) in [6.45, 7) is 2.34. The first-order valence-electron chi connectivity index (χ1n) is 10.4. The summed E-state index contributed by atoms with van der Waals surface area (Å²) in [4.78, 5) is 16.0. The number of aromatic nitrogens is 2. The molecule has 1 fully saturated rings. The Bertz CT molecular complexity index is 1210. The number of halogens is 1. The maximum atomic E-state index is 13.5. The minimum absolute atomic E-state index is 0.142. The molecule has 1 N–H and O–H groups in total. The van der Waals surface area contributed by atoms with Gasteiger partial charge in [-0.05, 0) is 49.2 Å². The Hall–Kier alpha value is -3.11. The SMILES string of the molecule is CCC(=O)Nc1ccc(S(=O)(=O)N2CCCC(c3nc(-c4cccc(F)c4)no3)C2)cc1. The van der Waals surface area contributed by atoms with E-state index in [4.69, 9.17) is 4.52 Å². The molecule has 168 valence electrons. The van der Waals surface area contributed by atoms with E-state index >= 15 is 0 Å². The quantitative estimate of drug-likeness (QED) is 0.603. The first-order valence-corrected chi connectivity index (χ1v) is 11.8. The van der Waals surface area contributed by atoms with Crippen molar-refractivity contribution in [3.63, 3.8) is 0 Å². The molecule has 1 saturated heterocycles. The highest BCUT2D eigenvalue weighted by molar-refractivity contribution is 7.89. The summed E-state index contributed by atoms with van der Waals surface area (Å²) in [5.74, 6) is -0.192. The zero-order chi connectivity index (χ0) is 22.7. The van der Waals surface area contributed by atoms with Gasteiger partial charge >= 0.3 is 0 Å². The van der Waals surface area contributed by atoms with Crippen LogP contribution in [0.25, 0.3) is 11.4 Å². The Balaban J connectivity index is 1.49. The van der Waals surface area contributed by atoms with Gasteiger partial charge in [-0.3, -0.25) is 4.79 Å². The van der Waals surface area contributed by atoms with Crippen LogP contribution in [-0.4, -0.2) is 41.9 Å². The molecule has 0 spiro atoms. The van der Waals surface area contributed by atoms with Crippen LogP contribution in [0.5, 0.6) is 0 Å². The molecule has 0 aliphatic carbocycles. The lowest BCUT2D eigenvalue weighted by Crippen LogP contribution is -2.39. The molecule has 3 aromatic rings. The maximum Gasteiger partial charge on any atom is 0.243 e. The molecule has 1 amide bonds. The minimum atomic E-state index is -3.72. The molecule has 1 unspecified atom stereocenters. The Labute approximate surface area is 185 Å². The maximum absolute atomic E-state index is 13.5. The van der Waals surface area contributed by atoms with Crippen molar-refractivity contribution < 1.29 is 22.1 Å². The van der Waals surface area contributed by atoms with Gasteiger partial charge in [0.1, 0.15) is 5.82 Å². The van der Waals surface area contributed by atoms with Crippen LogP contribution in [0.4, 0.5) is 10.1 Å². The van der Waals surface area contributed by atoms with E-state index in [1.807, 2.05) is 0 Å². The molecule has 4 rings (SSSR count). The Morgan fingerprint density at radius 1 is 1.25 bits per heavy atom. The van der Waals surface area contributed by atoms with E-state index in [0.29, 0.717) is 42.9 Å². The number of benzene rings is 2. The predicted octanol–water partition coefficient (Wildman–Crippen LogP) is 3.79. The number of carbonyl (C=O) groups is 1. The number of nitrogens with zero attached hydrogens (tertiary/aromatic N) is 3. The van der Waals surface area contributed by atoms with Gasteiger partial charge in [0.15, 0.2) is 0 Å². The van der Waals surface area contributed by atoms with Crippen molar-refractivity contribution >= 4 is 21.6 Å². The van der Waals surface area contributed by atoms with Gasteiger partial charge in [-0.2, -0.15) is 9.29 Å². The fourth-order valence-electron chi connectivity index (χ4n) is 3.62. The molecule has 2 heterocycles. The average molecular weight is 459 g/mol. The van der Waals surface area contributed by atoms with Gasteiger partial charge in [0.2, 0.25) is 27.6 Å². The normalized spacial score (nSPS) is 17.2. The molecule has 1 atom stereocenters. The zero-order valence-corrected chi connectivity index (χ0v) is 18.3. The van der Waals surface area contributed by atoms with E-state index in [9.17, 15) is 17.6 Å². The van der Waals surface area contributed by atoms with E-state index in [0.717, 1.165) is 0 Å². The third kappa shape index (κ3) is 4.71. The van der Waals surface area contributed by atoms with Crippen molar-refractivity contribution in [2.45, 2.75) is 37.0 Å². The van der Waals surface area contributed by atoms with Crippen LogP contribution in [0.2, 0.25) is 0 Å². The van der Waals surface area contributed by atoms with Crippen molar-refractivity contribution in [1.82, 2.24) is 14.4 Å². The van der Waals surface area contributed by atoms with Gasteiger partial charge < -0.3 is 9.84 Å². The van der Waals surface area contributed by atoms with Crippen LogP contribution in [0, 0.1) is 5.82 Å². The summed E-state index contributed by atoms with van der Waals surface area (Å²) >= 11 is 0. The number of rotatable bonds is 6. The fraction of sp³-hybridized carbons (Fsp3) is 0.318. The van der Waals surface area contributed by atoms with Crippen LogP contribution in [0.1, 0.15) is 38.0 Å². The lowest BCUT2D eigenvalue weighted by atomic mass is 10.00. The standard InChI is InChI=1S/C22H23FN4O4S/c1-2-20(28)24-18-8-10-19(11-9-18)32(29,30)27-12-4-6-16(14-27)22-25-21(26-31-22)15-5-3-7-17(23)13-15/h3,5,7-11,13,16H,2,4,6,12,14H2,1H3,(H,24,28). The van der Waals surface area contributed by atoms with Crippen LogP contribution < -0.4 is 5.32 Å². The van der Waals surface area contributed by atoms with Crippen molar-refractivity contribution in [3.05, 3.63) is 60.2 Å². The highest BCUT2D eigenvalue weighted by Gasteiger charge is 2.33. The number of sulfonamides is 1. The van der Waals surface area contributed by atoms with Crippen LogP contribution in [0.3, 0.4) is 0 Å². The largest absolute Gasteiger partial charge is 0.339 e. The van der Waals surface area contributed by atoms with Crippen LogP contribution >= 0.6 is 0 Å². The summed E-state index contributed by atoms with van der Waals surface area (Å²) in [6.07, 6.45) is 1.69. The summed E-state index contributed by atoms with van der Waals surface area (Å²) in [5, 5.41) is 6.63. The van der Waals surface area contributed by atoms with Gasteiger partial charge in [0.05, 0.1) is 10.8 Å². The fourth-order valence-corrected chi connectivity index (χ4v) is 5.14. The third-order valence-corrected chi connectivity index (χ3v) is 7.23. The second-order valence-electron chi connectivity index (χ2n) is 7.59. The summed E-state index contributed by atoms with van der Waals surface area (Å²) in [7, 11) is -3.72. The van der Waals surface area contributed by atoms with Crippen LogP contribution in [0.15, 0.2) is 57.9 Å². The molecular weight excluding hydrogens is 435 g/mol. The molecule has 0 bridgehead atoms. The summed E-state index contributed by atoms with van der Waals surface area (Å²) < 4.78 is 46.6. The minimum Gasteiger partial charge on any atom is -0.339 e. The Morgan fingerprint density at radius 3 is 2.75 bits per heavy atom. The number of piperidine rings is 1. The molecule has 2 aromatic carbocycles. The van der Waals surface area contributed by atoms with Gasteiger partial charge in [0.25, 0.3) is 0 Å². The van der Waals surface area contributed by atoms with E-state index in [2.05, 4.69) is 15.5 Å². The molecule has 8 nitrogen and oxygen atoms in total. The molecule has 1 aliphatic rings. The van der Waals surface area contributed by atoms with E-state index in [1.54, 1.807) is 31.2 Å². The van der Waals surface area contributed by atoms with Gasteiger partial charge in [-0.25, -0.2) is 12.8 Å².